The van der Waals surface area contributed by atoms with Crippen molar-refractivity contribution in [1.29, 1.82) is 0 Å². The zero-order valence-electron chi connectivity index (χ0n) is 7.40. The molecule has 0 spiro atoms. The molecule has 1 aromatic rings. The molecule has 1 aromatic heterocycles. The van der Waals surface area contributed by atoms with E-state index in [1.54, 1.807) is 0 Å². The molecule has 1 fully saturated rings. The summed E-state index contributed by atoms with van der Waals surface area (Å²) in [6.45, 7) is 0.724. The van der Waals surface area contributed by atoms with Gasteiger partial charge in [-0.2, -0.15) is 16.7 Å². The Morgan fingerprint density at radius 3 is 3.38 bits per heavy atom. The van der Waals surface area contributed by atoms with E-state index in [9.17, 15) is 0 Å². The lowest BCUT2D eigenvalue weighted by molar-refractivity contribution is 0.403. The summed E-state index contributed by atoms with van der Waals surface area (Å²) in [5.74, 6) is 3.26. The van der Waals surface area contributed by atoms with Gasteiger partial charge in [-0.3, -0.25) is 0 Å². The van der Waals surface area contributed by atoms with Gasteiger partial charge >= 0.3 is 0 Å². The van der Waals surface area contributed by atoms with Crippen LogP contribution in [0.2, 0.25) is 0 Å². The fourth-order valence-corrected chi connectivity index (χ4v) is 2.51. The molecule has 1 aliphatic heterocycles. The molecule has 1 saturated heterocycles. The maximum Gasteiger partial charge on any atom is 0.213 e. The fourth-order valence-electron chi connectivity index (χ4n) is 1.41. The van der Waals surface area contributed by atoms with E-state index < -0.39 is 0 Å². The van der Waals surface area contributed by atoms with Crippen LogP contribution in [0.5, 0.6) is 0 Å². The number of rotatable bonds is 3. The lowest BCUT2D eigenvalue weighted by Crippen LogP contribution is -2.33. The third-order valence-electron chi connectivity index (χ3n) is 2.12. The second-order valence-electron chi connectivity index (χ2n) is 3.14. The van der Waals surface area contributed by atoms with Crippen molar-refractivity contribution in [3.05, 3.63) is 12.2 Å². The second kappa shape index (κ2) is 4.62. The summed E-state index contributed by atoms with van der Waals surface area (Å²) in [5, 5.41) is 7.16. The molecule has 0 radical (unpaired) electrons. The average molecular weight is 199 g/mol. The van der Waals surface area contributed by atoms with Gasteiger partial charge < -0.3 is 9.84 Å². The first-order valence-corrected chi connectivity index (χ1v) is 5.67. The lowest BCUT2D eigenvalue weighted by atomic mass is 10.2. The summed E-state index contributed by atoms with van der Waals surface area (Å²) in [5.41, 5.74) is 0. The Hall–Kier alpha value is -0.550. The Bertz CT molecular complexity index is 234. The van der Waals surface area contributed by atoms with Gasteiger partial charge in [-0.1, -0.05) is 5.16 Å². The monoisotopic (exact) mass is 199 g/mol. The molecule has 72 valence electrons. The highest BCUT2D eigenvalue weighted by Crippen LogP contribution is 2.16. The van der Waals surface area contributed by atoms with Crippen LogP contribution < -0.4 is 5.32 Å². The van der Waals surface area contributed by atoms with Gasteiger partial charge in [-0.15, -0.1) is 0 Å². The van der Waals surface area contributed by atoms with Gasteiger partial charge in [-0.05, 0) is 18.6 Å². The van der Waals surface area contributed by atoms with Crippen molar-refractivity contribution in [1.82, 2.24) is 15.5 Å². The fraction of sp³-hybridized carbons (Fsp3) is 0.750. The molecule has 2 rings (SSSR count). The number of nitrogens with one attached hydrogen (secondary N) is 1. The third-order valence-corrected chi connectivity index (χ3v) is 3.33. The van der Waals surface area contributed by atoms with Crippen molar-refractivity contribution in [3.63, 3.8) is 0 Å². The SMILES string of the molecule is c1nc(CNC2CCCSC2)no1. The molecular weight excluding hydrogens is 186 g/mol. The molecule has 2 heterocycles. The predicted octanol–water partition coefficient (Wildman–Crippen LogP) is 1.05. The molecule has 4 nitrogen and oxygen atoms in total. The van der Waals surface area contributed by atoms with Crippen molar-refractivity contribution < 1.29 is 4.52 Å². The normalized spacial score (nSPS) is 23.2. The first-order chi connectivity index (χ1) is 6.45. The number of nitrogens with zero attached hydrogens (tertiary/aromatic N) is 2. The van der Waals surface area contributed by atoms with E-state index in [1.807, 2.05) is 11.8 Å². The Morgan fingerprint density at radius 1 is 1.69 bits per heavy atom. The van der Waals surface area contributed by atoms with E-state index in [4.69, 9.17) is 0 Å². The van der Waals surface area contributed by atoms with Crippen LogP contribution in [0.4, 0.5) is 0 Å². The molecule has 0 aliphatic carbocycles. The Morgan fingerprint density at radius 2 is 2.69 bits per heavy atom. The summed E-state index contributed by atoms with van der Waals surface area (Å²) in [7, 11) is 0. The van der Waals surface area contributed by atoms with Crippen LogP contribution in [-0.2, 0) is 6.54 Å². The minimum Gasteiger partial charge on any atom is -0.343 e. The van der Waals surface area contributed by atoms with Gasteiger partial charge in [0, 0.05) is 11.8 Å². The number of thioether (sulfide) groups is 1. The summed E-state index contributed by atoms with van der Waals surface area (Å²) < 4.78 is 4.65. The molecule has 1 N–H and O–H groups in total. The van der Waals surface area contributed by atoms with E-state index in [1.165, 1.54) is 30.7 Å². The van der Waals surface area contributed by atoms with Crippen molar-refractivity contribution in [3.8, 4) is 0 Å². The Labute approximate surface area is 81.5 Å². The number of hydrogen-bond acceptors (Lipinski definition) is 5. The van der Waals surface area contributed by atoms with Gasteiger partial charge in [0.05, 0.1) is 6.54 Å². The van der Waals surface area contributed by atoms with E-state index in [2.05, 4.69) is 20.0 Å². The summed E-state index contributed by atoms with van der Waals surface area (Å²) in [4.78, 5) is 3.95. The van der Waals surface area contributed by atoms with Gasteiger partial charge in [-0.25, -0.2) is 0 Å². The molecule has 0 amide bonds. The highest BCUT2D eigenvalue weighted by Gasteiger charge is 2.13. The summed E-state index contributed by atoms with van der Waals surface area (Å²) >= 11 is 2.01. The first kappa shape index (κ1) is 9.02. The largest absolute Gasteiger partial charge is 0.343 e. The zero-order chi connectivity index (χ0) is 8.93. The lowest BCUT2D eigenvalue weighted by Gasteiger charge is -2.21. The maximum atomic E-state index is 4.65. The highest BCUT2D eigenvalue weighted by atomic mass is 32.2. The number of hydrogen-bond donors (Lipinski definition) is 1. The van der Waals surface area contributed by atoms with Crippen LogP contribution in [0.25, 0.3) is 0 Å². The molecule has 13 heavy (non-hydrogen) atoms. The smallest absolute Gasteiger partial charge is 0.213 e. The standard InChI is InChI=1S/C8H13N3OS/c1-2-7(5-13-3-1)9-4-8-10-6-12-11-8/h6-7,9H,1-5H2. The van der Waals surface area contributed by atoms with Crippen LogP contribution in [0.1, 0.15) is 18.7 Å². The van der Waals surface area contributed by atoms with Gasteiger partial charge in [0.15, 0.2) is 5.82 Å². The van der Waals surface area contributed by atoms with Crippen molar-refractivity contribution >= 4 is 11.8 Å². The van der Waals surface area contributed by atoms with E-state index >= 15 is 0 Å². The second-order valence-corrected chi connectivity index (χ2v) is 4.29. The van der Waals surface area contributed by atoms with E-state index in [0.717, 1.165) is 12.4 Å². The zero-order valence-corrected chi connectivity index (χ0v) is 8.22. The van der Waals surface area contributed by atoms with E-state index in [0.29, 0.717) is 6.04 Å². The van der Waals surface area contributed by atoms with Gasteiger partial charge in [0.1, 0.15) is 0 Å². The van der Waals surface area contributed by atoms with E-state index in [-0.39, 0.29) is 0 Å². The Balaban J connectivity index is 1.72. The Kier molecular flexibility index (Phi) is 3.21. The van der Waals surface area contributed by atoms with Crippen molar-refractivity contribution in [2.24, 2.45) is 0 Å². The quantitative estimate of drug-likeness (QED) is 0.788. The third kappa shape index (κ3) is 2.70. The molecule has 1 aliphatic rings. The molecule has 1 unspecified atom stereocenters. The summed E-state index contributed by atoms with van der Waals surface area (Å²) in [6, 6.07) is 0.622. The predicted molar refractivity (Wildman–Crippen MR) is 51.5 cm³/mol. The molecular formula is C8H13N3OS. The summed E-state index contributed by atoms with van der Waals surface area (Å²) in [6.07, 6.45) is 3.95. The van der Waals surface area contributed by atoms with Gasteiger partial charge in [0.2, 0.25) is 6.39 Å². The van der Waals surface area contributed by atoms with Crippen LogP contribution >= 0.6 is 11.8 Å². The molecule has 1 atom stereocenters. The van der Waals surface area contributed by atoms with Crippen molar-refractivity contribution in [2.45, 2.75) is 25.4 Å². The first-order valence-electron chi connectivity index (χ1n) is 4.51. The van der Waals surface area contributed by atoms with Crippen LogP contribution in [0, 0.1) is 0 Å². The maximum absolute atomic E-state index is 4.65. The van der Waals surface area contributed by atoms with Crippen LogP contribution in [0.3, 0.4) is 0 Å². The molecule has 0 saturated carbocycles. The minimum absolute atomic E-state index is 0.622. The minimum atomic E-state index is 0.622. The van der Waals surface area contributed by atoms with Crippen LogP contribution in [0.15, 0.2) is 10.9 Å². The molecule has 0 bridgehead atoms. The van der Waals surface area contributed by atoms with Crippen LogP contribution in [-0.4, -0.2) is 27.7 Å². The topological polar surface area (TPSA) is 51.0 Å². The average Bonchev–Trinajstić information content (AvgIpc) is 2.69. The molecule has 5 heteroatoms. The highest BCUT2D eigenvalue weighted by molar-refractivity contribution is 7.99. The van der Waals surface area contributed by atoms with Crippen molar-refractivity contribution in [2.75, 3.05) is 11.5 Å². The molecule has 0 aromatic carbocycles. The van der Waals surface area contributed by atoms with Gasteiger partial charge in [0.25, 0.3) is 0 Å². The number of aromatic nitrogens is 2.